The van der Waals surface area contributed by atoms with Crippen LogP contribution in [-0.2, 0) is 6.42 Å². The molecule has 0 bridgehead atoms. The molecule has 0 aliphatic carbocycles. The predicted octanol–water partition coefficient (Wildman–Crippen LogP) is 2.39. The summed E-state index contributed by atoms with van der Waals surface area (Å²) in [6.07, 6.45) is 1.04. The highest BCUT2D eigenvalue weighted by Gasteiger charge is 2.30. The summed E-state index contributed by atoms with van der Waals surface area (Å²) in [6, 6.07) is 6.52. The van der Waals surface area contributed by atoms with Gasteiger partial charge in [-0.05, 0) is 30.4 Å². The molecule has 17 heavy (non-hydrogen) atoms. The minimum absolute atomic E-state index is 0.129. The van der Waals surface area contributed by atoms with Crippen LogP contribution in [0.25, 0.3) is 0 Å². The van der Waals surface area contributed by atoms with Crippen molar-refractivity contribution < 1.29 is 14.6 Å². The Kier molecular flexibility index (Phi) is 5.09. The van der Waals surface area contributed by atoms with Crippen LogP contribution in [0.1, 0.15) is 25.8 Å². The van der Waals surface area contributed by atoms with Crippen molar-refractivity contribution in [1.29, 1.82) is 0 Å². The van der Waals surface area contributed by atoms with Crippen LogP contribution in [0.3, 0.4) is 0 Å². The lowest BCUT2D eigenvalue weighted by Crippen LogP contribution is -2.34. The van der Waals surface area contributed by atoms with Crippen molar-refractivity contribution in [3.05, 3.63) is 35.6 Å². The van der Waals surface area contributed by atoms with Crippen LogP contribution < -0.4 is 0 Å². The number of aliphatic hydroxyl groups is 2. The summed E-state index contributed by atoms with van der Waals surface area (Å²) < 4.78 is 13.6. The first-order chi connectivity index (χ1) is 8.03. The number of hydrogen-bond donors (Lipinski definition) is 2. The number of rotatable bonds is 6. The zero-order valence-electron chi connectivity index (χ0n) is 10.5. The first kappa shape index (κ1) is 14.1. The van der Waals surface area contributed by atoms with Gasteiger partial charge in [-0.15, -0.1) is 0 Å². The standard InChI is InChI=1S/C14H21FO2/c1-11(2)7-14(9-16,10-17)8-12-5-3-4-6-13(12)15/h3-6,11,16-17H,7-10H2,1-2H3. The van der Waals surface area contributed by atoms with Crippen LogP contribution in [0.2, 0.25) is 0 Å². The van der Waals surface area contributed by atoms with Gasteiger partial charge in [-0.25, -0.2) is 4.39 Å². The fourth-order valence-corrected chi connectivity index (χ4v) is 2.27. The van der Waals surface area contributed by atoms with Gasteiger partial charge in [0.2, 0.25) is 0 Å². The topological polar surface area (TPSA) is 40.5 Å². The summed E-state index contributed by atoms with van der Waals surface area (Å²) in [7, 11) is 0. The molecule has 0 heterocycles. The summed E-state index contributed by atoms with van der Waals surface area (Å²) in [5.74, 6) is 0.0728. The molecule has 96 valence electrons. The van der Waals surface area contributed by atoms with Gasteiger partial charge in [-0.2, -0.15) is 0 Å². The maximum absolute atomic E-state index is 13.6. The molecule has 0 aliphatic rings. The molecule has 0 spiro atoms. The van der Waals surface area contributed by atoms with E-state index in [4.69, 9.17) is 0 Å². The van der Waals surface area contributed by atoms with Crippen molar-refractivity contribution in [2.75, 3.05) is 13.2 Å². The second kappa shape index (κ2) is 6.12. The van der Waals surface area contributed by atoms with E-state index in [0.29, 0.717) is 24.3 Å². The molecule has 0 aliphatic heterocycles. The molecule has 0 atom stereocenters. The third kappa shape index (κ3) is 3.79. The summed E-state index contributed by atoms with van der Waals surface area (Å²) in [4.78, 5) is 0. The quantitative estimate of drug-likeness (QED) is 0.801. The molecule has 0 unspecified atom stereocenters. The zero-order chi connectivity index (χ0) is 12.9. The van der Waals surface area contributed by atoms with Crippen LogP contribution in [0.4, 0.5) is 4.39 Å². The van der Waals surface area contributed by atoms with Gasteiger partial charge >= 0.3 is 0 Å². The molecule has 2 nitrogen and oxygen atoms in total. The van der Waals surface area contributed by atoms with Gasteiger partial charge in [0.1, 0.15) is 5.82 Å². The Labute approximate surface area is 102 Å². The molecular weight excluding hydrogens is 219 g/mol. The average molecular weight is 240 g/mol. The van der Waals surface area contributed by atoms with Crippen molar-refractivity contribution in [2.45, 2.75) is 26.7 Å². The summed E-state index contributed by atoms with van der Waals surface area (Å²) >= 11 is 0. The molecule has 0 fully saturated rings. The maximum Gasteiger partial charge on any atom is 0.126 e. The van der Waals surface area contributed by atoms with E-state index < -0.39 is 5.41 Å². The molecule has 0 amide bonds. The fourth-order valence-electron chi connectivity index (χ4n) is 2.27. The molecule has 1 rings (SSSR count). The van der Waals surface area contributed by atoms with E-state index in [1.807, 2.05) is 13.8 Å². The molecule has 0 radical (unpaired) electrons. The van der Waals surface area contributed by atoms with E-state index >= 15 is 0 Å². The molecule has 1 aromatic rings. The van der Waals surface area contributed by atoms with Crippen molar-refractivity contribution in [2.24, 2.45) is 11.3 Å². The number of hydrogen-bond acceptors (Lipinski definition) is 2. The van der Waals surface area contributed by atoms with Crippen molar-refractivity contribution in [1.82, 2.24) is 0 Å². The molecule has 0 saturated carbocycles. The first-order valence-corrected chi connectivity index (χ1v) is 5.98. The second-order valence-corrected chi connectivity index (χ2v) is 5.18. The lowest BCUT2D eigenvalue weighted by Gasteiger charge is -2.31. The highest BCUT2D eigenvalue weighted by Crippen LogP contribution is 2.30. The minimum atomic E-state index is -0.629. The van der Waals surface area contributed by atoms with E-state index in [0.717, 1.165) is 0 Å². The van der Waals surface area contributed by atoms with E-state index in [9.17, 15) is 14.6 Å². The van der Waals surface area contributed by atoms with Crippen LogP contribution in [0, 0.1) is 17.2 Å². The van der Waals surface area contributed by atoms with E-state index in [1.54, 1.807) is 18.2 Å². The summed E-state index contributed by atoms with van der Waals surface area (Å²) in [5.41, 5.74) is -0.0765. The van der Waals surface area contributed by atoms with Gasteiger partial charge < -0.3 is 10.2 Å². The average Bonchev–Trinajstić information content (AvgIpc) is 2.30. The third-order valence-corrected chi connectivity index (χ3v) is 3.04. The van der Waals surface area contributed by atoms with Crippen molar-refractivity contribution >= 4 is 0 Å². The monoisotopic (exact) mass is 240 g/mol. The molecule has 0 saturated heterocycles. The van der Waals surface area contributed by atoms with Crippen LogP contribution in [-0.4, -0.2) is 23.4 Å². The molecule has 2 N–H and O–H groups in total. The summed E-state index contributed by atoms with van der Waals surface area (Å²) in [5, 5.41) is 19.0. The number of benzene rings is 1. The van der Waals surface area contributed by atoms with Gasteiger partial charge in [0.05, 0.1) is 13.2 Å². The minimum Gasteiger partial charge on any atom is -0.396 e. The highest BCUT2D eigenvalue weighted by atomic mass is 19.1. The van der Waals surface area contributed by atoms with Crippen LogP contribution >= 0.6 is 0 Å². The van der Waals surface area contributed by atoms with Gasteiger partial charge in [0.25, 0.3) is 0 Å². The van der Waals surface area contributed by atoms with Gasteiger partial charge in [-0.1, -0.05) is 32.0 Å². The Morgan fingerprint density at radius 1 is 1.18 bits per heavy atom. The second-order valence-electron chi connectivity index (χ2n) is 5.18. The lowest BCUT2D eigenvalue weighted by atomic mass is 9.76. The normalized spacial score (nSPS) is 12.1. The molecule has 0 aromatic heterocycles. The number of aliphatic hydroxyl groups excluding tert-OH is 2. The Morgan fingerprint density at radius 3 is 2.24 bits per heavy atom. The van der Waals surface area contributed by atoms with Gasteiger partial charge in [0, 0.05) is 5.41 Å². The maximum atomic E-state index is 13.6. The SMILES string of the molecule is CC(C)CC(CO)(CO)Cc1ccccc1F. The highest BCUT2D eigenvalue weighted by molar-refractivity contribution is 5.19. The predicted molar refractivity (Wildman–Crippen MR) is 66.2 cm³/mol. The summed E-state index contributed by atoms with van der Waals surface area (Å²) in [6.45, 7) is 3.80. The smallest absolute Gasteiger partial charge is 0.126 e. The molecular formula is C14H21FO2. The van der Waals surface area contributed by atoms with E-state index in [1.165, 1.54) is 6.07 Å². The van der Waals surface area contributed by atoms with E-state index in [-0.39, 0.29) is 19.0 Å². The van der Waals surface area contributed by atoms with Crippen molar-refractivity contribution in [3.8, 4) is 0 Å². The van der Waals surface area contributed by atoms with Crippen LogP contribution in [0.5, 0.6) is 0 Å². The zero-order valence-corrected chi connectivity index (χ0v) is 10.5. The Balaban J connectivity index is 2.90. The Morgan fingerprint density at radius 2 is 1.76 bits per heavy atom. The first-order valence-electron chi connectivity index (χ1n) is 5.98. The van der Waals surface area contributed by atoms with Crippen molar-refractivity contribution in [3.63, 3.8) is 0 Å². The van der Waals surface area contributed by atoms with Gasteiger partial charge in [-0.3, -0.25) is 0 Å². The number of halogens is 1. The molecule has 3 heteroatoms. The fraction of sp³-hybridized carbons (Fsp3) is 0.571. The Hall–Kier alpha value is -0.930. The third-order valence-electron chi connectivity index (χ3n) is 3.04. The van der Waals surface area contributed by atoms with Gasteiger partial charge in [0.15, 0.2) is 0 Å². The van der Waals surface area contributed by atoms with Crippen LogP contribution in [0.15, 0.2) is 24.3 Å². The lowest BCUT2D eigenvalue weighted by molar-refractivity contribution is 0.0363. The molecule has 1 aromatic carbocycles. The van der Waals surface area contributed by atoms with E-state index in [2.05, 4.69) is 0 Å². The largest absolute Gasteiger partial charge is 0.396 e. The Bertz CT molecular complexity index is 346.